The van der Waals surface area contributed by atoms with Crippen LogP contribution < -0.4 is 43.4 Å². The SMILES string of the molecule is COc1ccc(C[P+](c2ccccc2)(c2ccccc2)c2ccccc2)cc1N.[Br-]. The molecule has 4 heteroatoms. The summed E-state index contributed by atoms with van der Waals surface area (Å²) >= 11 is 0. The van der Waals surface area contributed by atoms with Gasteiger partial charge in [-0.1, -0.05) is 60.7 Å². The summed E-state index contributed by atoms with van der Waals surface area (Å²) in [5.74, 6) is 0.719. The van der Waals surface area contributed by atoms with Crippen LogP contribution in [0.15, 0.2) is 109 Å². The van der Waals surface area contributed by atoms with Crippen molar-refractivity contribution in [3.8, 4) is 5.75 Å². The van der Waals surface area contributed by atoms with Gasteiger partial charge in [0.1, 0.15) is 28.9 Å². The van der Waals surface area contributed by atoms with E-state index in [2.05, 4.69) is 103 Å². The number of hydrogen-bond donors (Lipinski definition) is 1. The summed E-state index contributed by atoms with van der Waals surface area (Å²) in [4.78, 5) is 0. The third kappa shape index (κ3) is 4.28. The molecule has 0 saturated carbocycles. The number of rotatable bonds is 6. The Hall–Kier alpha value is -2.61. The summed E-state index contributed by atoms with van der Waals surface area (Å²) < 4.78 is 5.37. The van der Waals surface area contributed by atoms with E-state index in [1.165, 1.54) is 21.5 Å². The van der Waals surface area contributed by atoms with E-state index in [4.69, 9.17) is 10.5 Å². The molecule has 0 aliphatic heterocycles. The minimum Gasteiger partial charge on any atom is -1.00 e. The highest BCUT2D eigenvalue weighted by Crippen LogP contribution is 2.58. The van der Waals surface area contributed by atoms with E-state index in [9.17, 15) is 0 Å². The molecule has 4 rings (SSSR count). The molecule has 4 aromatic rings. The lowest BCUT2D eigenvalue weighted by Gasteiger charge is -2.28. The summed E-state index contributed by atoms with van der Waals surface area (Å²) in [6.07, 6.45) is 0.902. The second kappa shape index (κ2) is 9.93. The Morgan fingerprint density at radius 3 is 1.47 bits per heavy atom. The second-order valence-electron chi connectivity index (χ2n) is 7.05. The van der Waals surface area contributed by atoms with E-state index in [1.54, 1.807) is 7.11 Å². The number of nitrogens with two attached hydrogens (primary N) is 1. The second-order valence-corrected chi connectivity index (χ2v) is 10.5. The monoisotopic (exact) mass is 477 g/mol. The Balaban J connectivity index is 0.00000256. The number of hydrogen-bond acceptors (Lipinski definition) is 2. The molecule has 2 N–H and O–H groups in total. The van der Waals surface area contributed by atoms with Gasteiger partial charge in [-0.15, -0.1) is 0 Å². The third-order valence-corrected chi connectivity index (χ3v) is 9.68. The van der Waals surface area contributed by atoms with Crippen LogP contribution >= 0.6 is 7.26 Å². The van der Waals surface area contributed by atoms with Gasteiger partial charge in [-0.05, 0) is 54.1 Å². The van der Waals surface area contributed by atoms with Gasteiger partial charge in [-0.25, -0.2) is 0 Å². The molecule has 0 radical (unpaired) electrons. The number of anilines is 1. The summed E-state index contributed by atoms with van der Waals surface area (Å²) in [5.41, 5.74) is 8.15. The van der Waals surface area contributed by atoms with Crippen LogP contribution in [0, 0.1) is 0 Å². The normalized spacial score (nSPS) is 10.8. The van der Waals surface area contributed by atoms with E-state index in [-0.39, 0.29) is 17.0 Å². The van der Waals surface area contributed by atoms with Crippen LogP contribution in [0.1, 0.15) is 5.56 Å². The van der Waals surface area contributed by atoms with E-state index >= 15 is 0 Å². The smallest absolute Gasteiger partial charge is 0.141 e. The van der Waals surface area contributed by atoms with Gasteiger partial charge in [0.15, 0.2) is 0 Å². The Morgan fingerprint density at radius 1 is 0.667 bits per heavy atom. The van der Waals surface area contributed by atoms with Crippen molar-refractivity contribution in [2.75, 3.05) is 12.8 Å². The molecule has 152 valence electrons. The zero-order valence-corrected chi connectivity index (χ0v) is 19.4. The van der Waals surface area contributed by atoms with Gasteiger partial charge in [0.2, 0.25) is 0 Å². The maximum absolute atomic E-state index is 6.25. The van der Waals surface area contributed by atoms with Crippen molar-refractivity contribution in [3.05, 3.63) is 115 Å². The van der Waals surface area contributed by atoms with Gasteiger partial charge in [0.25, 0.3) is 0 Å². The largest absolute Gasteiger partial charge is 1.00 e. The van der Waals surface area contributed by atoms with Crippen LogP contribution in [0.2, 0.25) is 0 Å². The molecule has 0 fully saturated rings. The van der Waals surface area contributed by atoms with Gasteiger partial charge >= 0.3 is 0 Å². The van der Waals surface area contributed by atoms with Crippen molar-refractivity contribution in [1.82, 2.24) is 0 Å². The number of methoxy groups -OCH3 is 1. The Morgan fingerprint density at radius 2 is 1.10 bits per heavy atom. The topological polar surface area (TPSA) is 35.2 Å². The maximum atomic E-state index is 6.25. The molecule has 0 saturated heterocycles. The quantitative estimate of drug-likeness (QED) is 0.339. The number of nitrogen functional groups attached to an aromatic ring is 1. The summed E-state index contributed by atoms with van der Waals surface area (Å²) in [5, 5.41) is 4.10. The van der Waals surface area contributed by atoms with Gasteiger partial charge < -0.3 is 27.5 Å². The molecular formula is C26H25BrNOP. The predicted octanol–water partition coefficient (Wildman–Crippen LogP) is 1.78. The molecule has 0 unspecified atom stereocenters. The molecule has 4 aromatic carbocycles. The van der Waals surface area contributed by atoms with E-state index in [1.807, 2.05) is 6.07 Å². The summed E-state index contributed by atoms with van der Waals surface area (Å²) in [6.45, 7) is 0. The molecule has 30 heavy (non-hydrogen) atoms. The zero-order chi connectivity index (χ0) is 20.1. The lowest BCUT2D eigenvalue weighted by molar-refractivity contribution is -0.00000597. The first-order valence-corrected chi connectivity index (χ1v) is 11.7. The molecule has 0 spiro atoms. The minimum atomic E-state index is -1.91. The maximum Gasteiger partial charge on any atom is 0.141 e. The summed E-state index contributed by atoms with van der Waals surface area (Å²) in [6, 6.07) is 38.8. The highest BCUT2D eigenvalue weighted by Gasteiger charge is 2.45. The molecule has 0 bridgehead atoms. The van der Waals surface area contributed by atoms with Crippen LogP contribution in [-0.4, -0.2) is 7.11 Å². The van der Waals surface area contributed by atoms with Crippen LogP contribution in [0.3, 0.4) is 0 Å². The standard InChI is InChI=1S/C26H25NOP.BrH/c1-28-26-18-17-21(19-25(26)27)20-29(22-11-5-2-6-12-22,23-13-7-3-8-14-23)24-15-9-4-10-16-24;/h2-19H,20,27H2,1H3;1H/q+1;/p-1. The van der Waals surface area contributed by atoms with Crippen molar-refractivity contribution in [2.24, 2.45) is 0 Å². The Labute approximate surface area is 189 Å². The lowest BCUT2D eigenvalue weighted by Crippen LogP contribution is -3.00. The summed E-state index contributed by atoms with van der Waals surface area (Å²) in [7, 11) is -0.262. The number of ether oxygens (including phenoxy) is 1. The van der Waals surface area contributed by atoms with Crippen LogP contribution in [0.25, 0.3) is 0 Å². The number of halogens is 1. The van der Waals surface area contributed by atoms with Crippen molar-refractivity contribution in [2.45, 2.75) is 6.16 Å². The van der Waals surface area contributed by atoms with E-state index in [0.717, 1.165) is 11.9 Å². The van der Waals surface area contributed by atoms with Gasteiger partial charge in [-0.2, -0.15) is 0 Å². The molecule has 0 atom stereocenters. The van der Waals surface area contributed by atoms with Crippen LogP contribution in [0.5, 0.6) is 5.75 Å². The average molecular weight is 478 g/mol. The van der Waals surface area contributed by atoms with Crippen molar-refractivity contribution in [3.63, 3.8) is 0 Å². The molecule has 0 amide bonds. The molecule has 0 heterocycles. The first kappa shape index (κ1) is 22.1. The molecule has 0 aromatic heterocycles. The molecule has 2 nitrogen and oxygen atoms in total. The number of benzene rings is 4. The van der Waals surface area contributed by atoms with Crippen molar-refractivity contribution in [1.29, 1.82) is 0 Å². The van der Waals surface area contributed by atoms with E-state index < -0.39 is 7.26 Å². The van der Waals surface area contributed by atoms with Crippen molar-refractivity contribution < 1.29 is 21.7 Å². The minimum absolute atomic E-state index is 0. The highest BCUT2D eigenvalue weighted by molar-refractivity contribution is 7.95. The van der Waals surface area contributed by atoms with Crippen LogP contribution in [-0.2, 0) is 6.16 Å². The fourth-order valence-corrected chi connectivity index (χ4v) is 8.15. The van der Waals surface area contributed by atoms with Crippen molar-refractivity contribution >= 4 is 28.9 Å². The first-order valence-electron chi connectivity index (χ1n) is 9.71. The Bertz CT molecular complexity index is 975. The Kier molecular flexibility index (Phi) is 7.31. The van der Waals surface area contributed by atoms with E-state index in [0.29, 0.717) is 5.69 Å². The fraction of sp³-hybridized carbons (Fsp3) is 0.0769. The molecule has 0 aliphatic carbocycles. The molecule has 0 aliphatic rings. The molecular weight excluding hydrogens is 453 g/mol. The zero-order valence-electron chi connectivity index (χ0n) is 16.9. The fourth-order valence-electron chi connectivity index (χ4n) is 3.92. The average Bonchev–Trinajstić information content (AvgIpc) is 2.79. The van der Waals surface area contributed by atoms with Gasteiger partial charge in [0.05, 0.1) is 19.0 Å². The predicted molar refractivity (Wildman–Crippen MR) is 126 cm³/mol. The van der Waals surface area contributed by atoms with Gasteiger partial charge in [-0.3, -0.25) is 0 Å². The highest BCUT2D eigenvalue weighted by atomic mass is 79.9. The van der Waals surface area contributed by atoms with Crippen LogP contribution in [0.4, 0.5) is 5.69 Å². The lowest BCUT2D eigenvalue weighted by atomic mass is 10.2. The third-order valence-electron chi connectivity index (χ3n) is 5.30. The van der Waals surface area contributed by atoms with Gasteiger partial charge in [0, 0.05) is 0 Å². The first-order chi connectivity index (χ1) is 14.2.